The van der Waals surface area contributed by atoms with Crippen LogP contribution in [0.5, 0.6) is 0 Å². The maximum Gasteiger partial charge on any atom is 0.513 e. The van der Waals surface area contributed by atoms with Crippen LogP contribution in [0.2, 0.25) is 0 Å². The number of esters is 1. The number of amides is 2. The van der Waals surface area contributed by atoms with E-state index in [0.29, 0.717) is 24.2 Å². The van der Waals surface area contributed by atoms with E-state index in [1.807, 2.05) is 64.1 Å². The van der Waals surface area contributed by atoms with E-state index in [0.717, 1.165) is 46.3 Å². The van der Waals surface area contributed by atoms with Gasteiger partial charge in [0, 0.05) is 14.2 Å². The molecule has 4 rings (SSSR count). The molecular formula is C36H48N2O9. The fourth-order valence-corrected chi connectivity index (χ4v) is 6.17. The number of hydrogen-bond acceptors (Lipinski definition) is 9. The normalized spacial score (nSPS) is 19.3. The van der Waals surface area contributed by atoms with Crippen molar-refractivity contribution < 1.29 is 42.9 Å². The van der Waals surface area contributed by atoms with Crippen molar-refractivity contribution in [2.75, 3.05) is 39.4 Å². The first-order valence-corrected chi connectivity index (χ1v) is 15.8. The molecule has 47 heavy (non-hydrogen) atoms. The number of anilines is 1. The molecule has 2 aliphatic rings. The van der Waals surface area contributed by atoms with Gasteiger partial charge >= 0.3 is 12.1 Å². The number of para-hydroxylation sites is 1. The number of carbonyl (C=O) groups excluding carboxylic acids is 4. The second-order valence-corrected chi connectivity index (χ2v) is 11.9. The highest BCUT2D eigenvalue weighted by Crippen LogP contribution is 2.44. The minimum atomic E-state index is -0.778. The Labute approximate surface area is 277 Å². The molecule has 1 aliphatic carbocycles. The van der Waals surface area contributed by atoms with Gasteiger partial charge in [0.05, 0.1) is 36.6 Å². The molecule has 0 saturated heterocycles. The van der Waals surface area contributed by atoms with Crippen LogP contribution in [0.15, 0.2) is 42.2 Å². The number of benzene rings is 2. The summed E-state index contributed by atoms with van der Waals surface area (Å²) >= 11 is 0. The van der Waals surface area contributed by atoms with Gasteiger partial charge in [0.25, 0.3) is 11.8 Å². The van der Waals surface area contributed by atoms with Crippen LogP contribution in [-0.4, -0.2) is 76.2 Å². The second kappa shape index (κ2) is 16.6. The van der Waals surface area contributed by atoms with Gasteiger partial charge in [0.2, 0.25) is 0 Å². The third kappa shape index (κ3) is 8.58. The maximum absolute atomic E-state index is 13.0. The third-order valence-electron chi connectivity index (χ3n) is 8.62. The Hall–Kier alpha value is -4.22. The third-order valence-corrected chi connectivity index (χ3v) is 8.62. The van der Waals surface area contributed by atoms with Crippen LogP contribution in [0, 0.1) is 27.7 Å². The van der Waals surface area contributed by atoms with E-state index in [1.165, 1.54) is 19.1 Å². The van der Waals surface area contributed by atoms with Gasteiger partial charge < -0.3 is 29.0 Å². The zero-order chi connectivity index (χ0) is 34.9. The van der Waals surface area contributed by atoms with Crippen LogP contribution < -0.4 is 10.2 Å². The van der Waals surface area contributed by atoms with E-state index in [2.05, 4.69) is 5.32 Å². The Morgan fingerprint density at radius 3 is 2.17 bits per heavy atom. The van der Waals surface area contributed by atoms with Crippen LogP contribution >= 0.6 is 0 Å². The van der Waals surface area contributed by atoms with Gasteiger partial charge in [-0.05, 0) is 89.5 Å². The number of hydrogen-bond donors (Lipinski definition) is 1. The zero-order valence-corrected chi connectivity index (χ0v) is 29.0. The fraction of sp³-hybridized carbons (Fsp3) is 0.500. The van der Waals surface area contributed by atoms with Gasteiger partial charge in [0.1, 0.15) is 18.4 Å². The van der Waals surface area contributed by atoms with Gasteiger partial charge in [-0.2, -0.15) is 0 Å². The predicted molar refractivity (Wildman–Crippen MR) is 178 cm³/mol. The molecule has 1 atom stereocenters. The standard InChI is InChI=1S/C21H27NO5.C15H21NO4/c1-5-26-20(24)27-18-17(16-12-13(2)6-7-14(16)3)19(23)22-21(18)10-8-15(25-4)9-11-21;1-10-7-6-8-11(2)14(10)16(13(17)9-19-4)12(3)15(18)20-5/h6-7,12,15H,5,8-11H2,1-4H3,(H,22,23);6-8,12H,9H2,1-5H3/t;12-/m.1/s1. The molecule has 1 saturated carbocycles. The van der Waals surface area contributed by atoms with E-state index >= 15 is 0 Å². The van der Waals surface area contributed by atoms with Gasteiger partial charge in [-0.15, -0.1) is 0 Å². The molecule has 2 aromatic carbocycles. The van der Waals surface area contributed by atoms with Gasteiger partial charge in [-0.1, -0.05) is 42.0 Å². The summed E-state index contributed by atoms with van der Waals surface area (Å²) in [6.07, 6.45) is 2.25. The summed E-state index contributed by atoms with van der Waals surface area (Å²) in [6.45, 7) is 11.2. The van der Waals surface area contributed by atoms with Gasteiger partial charge in [-0.25, -0.2) is 9.59 Å². The van der Waals surface area contributed by atoms with Crippen molar-refractivity contribution in [2.24, 2.45) is 0 Å². The van der Waals surface area contributed by atoms with E-state index in [9.17, 15) is 19.2 Å². The molecule has 2 aromatic rings. The van der Waals surface area contributed by atoms with Crippen LogP contribution in [0.25, 0.3) is 5.57 Å². The first-order valence-electron chi connectivity index (χ1n) is 15.8. The number of rotatable bonds is 9. The largest absolute Gasteiger partial charge is 0.513 e. The van der Waals surface area contributed by atoms with E-state index in [1.54, 1.807) is 21.0 Å². The Kier molecular flexibility index (Phi) is 13.1. The Morgan fingerprint density at radius 2 is 1.62 bits per heavy atom. The monoisotopic (exact) mass is 652 g/mol. The van der Waals surface area contributed by atoms with E-state index < -0.39 is 23.7 Å². The lowest BCUT2D eigenvalue weighted by atomic mass is 9.79. The molecule has 11 nitrogen and oxygen atoms in total. The molecule has 11 heteroatoms. The lowest BCUT2D eigenvalue weighted by Gasteiger charge is -2.37. The number of methoxy groups -OCH3 is 3. The summed E-state index contributed by atoms with van der Waals surface area (Å²) in [5.41, 5.74) is 5.10. The number of nitrogens with zero attached hydrogens (tertiary/aromatic N) is 1. The quantitative estimate of drug-likeness (QED) is 0.350. The number of ether oxygens (including phenoxy) is 5. The molecule has 1 heterocycles. The molecule has 0 bridgehead atoms. The SMILES string of the molecule is CCOC(=O)OC1=C(c2cc(C)ccc2C)C(=O)NC12CCC(OC)CC2.COCC(=O)N(c1c(C)cccc1C)[C@H](C)C(=O)OC. The lowest BCUT2D eigenvalue weighted by Crippen LogP contribution is -2.49. The summed E-state index contributed by atoms with van der Waals surface area (Å²) in [7, 11) is 4.45. The van der Waals surface area contributed by atoms with Crippen LogP contribution in [0.1, 0.15) is 67.3 Å². The Balaban J connectivity index is 0.000000268. The van der Waals surface area contributed by atoms with Crippen molar-refractivity contribution in [1.82, 2.24) is 5.32 Å². The summed E-state index contributed by atoms with van der Waals surface area (Å²) in [5.74, 6) is -0.562. The summed E-state index contributed by atoms with van der Waals surface area (Å²) < 4.78 is 25.8. The number of nitrogens with one attached hydrogen (secondary N) is 1. The number of carbonyl (C=O) groups is 4. The molecule has 256 valence electrons. The summed E-state index contributed by atoms with van der Waals surface area (Å²) in [4.78, 5) is 50.7. The molecule has 0 unspecified atom stereocenters. The molecule has 1 spiro atoms. The molecule has 2 amide bonds. The van der Waals surface area contributed by atoms with Crippen LogP contribution in [-0.2, 0) is 38.1 Å². The topological polar surface area (TPSA) is 130 Å². The smallest absolute Gasteiger partial charge is 0.467 e. The molecular weight excluding hydrogens is 604 g/mol. The maximum atomic E-state index is 13.0. The Bertz CT molecular complexity index is 1470. The highest BCUT2D eigenvalue weighted by Gasteiger charge is 2.50. The molecule has 0 aromatic heterocycles. The molecule has 0 radical (unpaired) electrons. The van der Waals surface area contributed by atoms with Crippen molar-refractivity contribution in [2.45, 2.75) is 84.9 Å². The Morgan fingerprint density at radius 1 is 0.979 bits per heavy atom. The minimum absolute atomic E-state index is 0.0882. The molecule has 1 aliphatic heterocycles. The number of aryl methyl sites for hydroxylation is 4. The molecule has 1 fully saturated rings. The van der Waals surface area contributed by atoms with Crippen molar-refractivity contribution in [3.05, 3.63) is 70.0 Å². The second-order valence-electron chi connectivity index (χ2n) is 11.9. The van der Waals surface area contributed by atoms with Crippen LogP contribution in [0.3, 0.4) is 0 Å². The van der Waals surface area contributed by atoms with Crippen molar-refractivity contribution in [3.8, 4) is 0 Å². The first-order chi connectivity index (χ1) is 22.3. The lowest BCUT2D eigenvalue weighted by molar-refractivity contribution is -0.143. The van der Waals surface area contributed by atoms with Crippen LogP contribution in [0.4, 0.5) is 10.5 Å². The molecule has 1 N–H and O–H groups in total. The van der Waals surface area contributed by atoms with Crippen molar-refractivity contribution >= 4 is 35.2 Å². The van der Waals surface area contributed by atoms with Crippen molar-refractivity contribution in [3.63, 3.8) is 0 Å². The summed E-state index contributed by atoms with van der Waals surface area (Å²) in [5, 5.41) is 3.11. The van der Waals surface area contributed by atoms with Gasteiger partial charge in [-0.3, -0.25) is 14.5 Å². The zero-order valence-electron chi connectivity index (χ0n) is 29.0. The highest BCUT2D eigenvalue weighted by molar-refractivity contribution is 6.24. The highest BCUT2D eigenvalue weighted by atomic mass is 16.7. The average molecular weight is 653 g/mol. The first kappa shape index (κ1) is 37.2. The predicted octanol–water partition coefficient (Wildman–Crippen LogP) is 5.49. The minimum Gasteiger partial charge on any atom is -0.467 e. The van der Waals surface area contributed by atoms with E-state index in [4.69, 9.17) is 23.7 Å². The van der Waals surface area contributed by atoms with Crippen molar-refractivity contribution in [1.29, 1.82) is 0 Å². The average Bonchev–Trinajstić information content (AvgIpc) is 3.29. The van der Waals surface area contributed by atoms with E-state index in [-0.39, 0.29) is 31.1 Å². The summed E-state index contributed by atoms with van der Waals surface area (Å²) in [6, 6.07) is 10.9. The fourth-order valence-electron chi connectivity index (χ4n) is 6.17. The van der Waals surface area contributed by atoms with Gasteiger partial charge in [0.15, 0.2) is 0 Å².